The largest absolute Gasteiger partial charge is 0.366 e. The summed E-state index contributed by atoms with van der Waals surface area (Å²) in [7, 11) is 0. The fraction of sp³-hybridized carbons (Fsp3) is 0.400. The SMILES string of the molecule is CC(=O)N[C@H]1CCN(CC(=O)Nc2ccc(C(N)=O)cc2)C1. The van der Waals surface area contributed by atoms with Gasteiger partial charge in [0.15, 0.2) is 0 Å². The number of nitrogens with two attached hydrogens (primary N) is 1. The molecule has 1 fully saturated rings. The number of nitrogens with zero attached hydrogens (tertiary/aromatic N) is 1. The van der Waals surface area contributed by atoms with Crippen molar-refractivity contribution in [1.29, 1.82) is 0 Å². The van der Waals surface area contributed by atoms with Crippen LogP contribution < -0.4 is 16.4 Å². The minimum atomic E-state index is -0.501. The highest BCUT2D eigenvalue weighted by Gasteiger charge is 2.24. The second-order valence-electron chi connectivity index (χ2n) is 5.41. The third-order valence-corrected chi connectivity index (χ3v) is 3.50. The molecule has 1 atom stereocenters. The average molecular weight is 304 g/mol. The molecule has 0 unspecified atom stereocenters. The molecule has 118 valence electrons. The molecule has 1 aliphatic heterocycles. The lowest BCUT2D eigenvalue weighted by molar-refractivity contribution is -0.119. The van der Waals surface area contributed by atoms with E-state index >= 15 is 0 Å². The maximum atomic E-state index is 12.0. The smallest absolute Gasteiger partial charge is 0.248 e. The molecule has 7 nitrogen and oxygen atoms in total. The van der Waals surface area contributed by atoms with Crippen LogP contribution in [-0.2, 0) is 9.59 Å². The molecule has 0 bridgehead atoms. The zero-order valence-corrected chi connectivity index (χ0v) is 12.5. The molecule has 4 N–H and O–H groups in total. The van der Waals surface area contributed by atoms with E-state index in [1.54, 1.807) is 24.3 Å². The van der Waals surface area contributed by atoms with Crippen molar-refractivity contribution in [1.82, 2.24) is 10.2 Å². The van der Waals surface area contributed by atoms with Crippen LogP contribution in [0.25, 0.3) is 0 Å². The first-order valence-corrected chi connectivity index (χ1v) is 7.13. The lowest BCUT2D eigenvalue weighted by Gasteiger charge is -2.16. The summed E-state index contributed by atoms with van der Waals surface area (Å²) in [5, 5.41) is 5.63. The van der Waals surface area contributed by atoms with Crippen molar-refractivity contribution in [2.75, 3.05) is 25.0 Å². The maximum Gasteiger partial charge on any atom is 0.248 e. The number of carbonyl (C=O) groups is 3. The van der Waals surface area contributed by atoms with Gasteiger partial charge >= 0.3 is 0 Å². The first-order chi connectivity index (χ1) is 10.4. The molecule has 22 heavy (non-hydrogen) atoms. The van der Waals surface area contributed by atoms with Crippen LogP contribution in [0.4, 0.5) is 5.69 Å². The summed E-state index contributed by atoms with van der Waals surface area (Å²) >= 11 is 0. The molecule has 1 saturated heterocycles. The first kappa shape index (κ1) is 16.0. The summed E-state index contributed by atoms with van der Waals surface area (Å²) in [6, 6.07) is 6.53. The molecular weight excluding hydrogens is 284 g/mol. The average Bonchev–Trinajstić information content (AvgIpc) is 2.85. The van der Waals surface area contributed by atoms with Crippen molar-refractivity contribution < 1.29 is 14.4 Å². The maximum absolute atomic E-state index is 12.0. The molecule has 0 aliphatic carbocycles. The first-order valence-electron chi connectivity index (χ1n) is 7.13. The van der Waals surface area contributed by atoms with E-state index in [1.807, 2.05) is 4.90 Å². The van der Waals surface area contributed by atoms with E-state index in [0.717, 1.165) is 13.0 Å². The van der Waals surface area contributed by atoms with Gasteiger partial charge in [0.05, 0.1) is 6.54 Å². The van der Waals surface area contributed by atoms with Crippen LogP contribution in [0.2, 0.25) is 0 Å². The van der Waals surface area contributed by atoms with Crippen LogP contribution in [0, 0.1) is 0 Å². The van der Waals surface area contributed by atoms with Gasteiger partial charge in [-0.05, 0) is 30.7 Å². The van der Waals surface area contributed by atoms with Gasteiger partial charge in [-0.1, -0.05) is 0 Å². The molecule has 1 aromatic carbocycles. The normalized spacial score (nSPS) is 18.0. The Kier molecular flexibility index (Phi) is 5.11. The van der Waals surface area contributed by atoms with Gasteiger partial charge in [-0.2, -0.15) is 0 Å². The lowest BCUT2D eigenvalue weighted by Crippen LogP contribution is -2.37. The topological polar surface area (TPSA) is 105 Å². The van der Waals surface area contributed by atoms with Crippen LogP contribution >= 0.6 is 0 Å². The van der Waals surface area contributed by atoms with Crippen molar-refractivity contribution in [2.45, 2.75) is 19.4 Å². The number of carbonyl (C=O) groups excluding carboxylic acids is 3. The number of primary amides is 1. The summed E-state index contributed by atoms with van der Waals surface area (Å²) < 4.78 is 0. The third-order valence-electron chi connectivity index (χ3n) is 3.50. The van der Waals surface area contributed by atoms with Gasteiger partial charge in [-0.15, -0.1) is 0 Å². The molecule has 0 radical (unpaired) electrons. The fourth-order valence-corrected chi connectivity index (χ4v) is 2.50. The zero-order valence-electron chi connectivity index (χ0n) is 12.5. The highest BCUT2D eigenvalue weighted by molar-refractivity contribution is 5.95. The van der Waals surface area contributed by atoms with Gasteiger partial charge in [0.25, 0.3) is 0 Å². The van der Waals surface area contributed by atoms with Crippen LogP contribution in [0.1, 0.15) is 23.7 Å². The van der Waals surface area contributed by atoms with Gasteiger partial charge in [0.2, 0.25) is 17.7 Å². The summed E-state index contributed by atoms with van der Waals surface area (Å²) in [5.41, 5.74) is 6.18. The Bertz CT molecular complexity index is 571. The standard InChI is InChI=1S/C15H20N4O3/c1-10(20)17-13-6-7-19(8-13)9-14(21)18-12-4-2-11(3-5-12)15(16)22/h2-5,13H,6-9H2,1H3,(H2,16,22)(H,17,20)(H,18,21)/t13-/m0/s1. The van der Waals surface area contributed by atoms with Crippen LogP contribution in [0.15, 0.2) is 24.3 Å². The van der Waals surface area contributed by atoms with Crippen molar-refractivity contribution in [3.63, 3.8) is 0 Å². The molecular formula is C15H20N4O3. The molecule has 2 rings (SSSR count). The van der Waals surface area contributed by atoms with Crippen LogP contribution in [-0.4, -0.2) is 48.3 Å². The van der Waals surface area contributed by atoms with Crippen molar-refractivity contribution >= 4 is 23.4 Å². The van der Waals surface area contributed by atoms with E-state index in [0.29, 0.717) is 17.8 Å². The minimum absolute atomic E-state index is 0.0501. The van der Waals surface area contributed by atoms with E-state index in [1.165, 1.54) is 6.92 Å². The van der Waals surface area contributed by atoms with Crippen molar-refractivity contribution in [3.8, 4) is 0 Å². The minimum Gasteiger partial charge on any atom is -0.366 e. The van der Waals surface area contributed by atoms with E-state index in [-0.39, 0.29) is 24.4 Å². The molecule has 0 aromatic heterocycles. The summed E-state index contributed by atoms with van der Waals surface area (Å²) in [6.45, 7) is 3.21. The van der Waals surface area contributed by atoms with Crippen molar-refractivity contribution in [3.05, 3.63) is 29.8 Å². The number of amides is 3. The second-order valence-corrected chi connectivity index (χ2v) is 5.41. The van der Waals surface area contributed by atoms with Crippen molar-refractivity contribution in [2.24, 2.45) is 5.73 Å². The Morgan fingerprint density at radius 3 is 2.55 bits per heavy atom. The van der Waals surface area contributed by atoms with Gasteiger partial charge in [0.1, 0.15) is 0 Å². The predicted molar refractivity (Wildman–Crippen MR) is 82.3 cm³/mol. The zero-order chi connectivity index (χ0) is 16.1. The van der Waals surface area contributed by atoms with Crippen LogP contribution in [0.3, 0.4) is 0 Å². The second kappa shape index (κ2) is 7.04. The fourth-order valence-electron chi connectivity index (χ4n) is 2.50. The van der Waals surface area contributed by atoms with Gasteiger partial charge in [-0.3, -0.25) is 19.3 Å². The Balaban J connectivity index is 1.81. The molecule has 1 heterocycles. The number of benzene rings is 1. The van der Waals surface area contributed by atoms with Gasteiger partial charge < -0.3 is 16.4 Å². The summed E-state index contributed by atoms with van der Waals surface area (Å²) in [5.74, 6) is -0.680. The Labute approximate surface area is 128 Å². The summed E-state index contributed by atoms with van der Waals surface area (Å²) in [4.78, 5) is 36.0. The monoisotopic (exact) mass is 304 g/mol. The number of rotatable bonds is 5. The number of hydrogen-bond donors (Lipinski definition) is 3. The Morgan fingerprint density at radius 1 is 1.27 bits per heavy atom. The molecule has 0 saturated carbocycles. The molecule has 1 aromatic rings. The van der Waals surface area contributed by atoms with Gasteiger partial charge in [0, 0.05) is 37.3 Å². The molecule has 3 amide bonds. The number of anilines is 1. The predicted octanol–water partition coefficient (Wildman–Crippen LogP) is -0.0656. The quantitative estimate of drug-likeness (QED) is 0.708. The van der Waals surface area contributed by atoms with Crippen LogP contribution in [0.5, 0.6) is 0 Å². The molecule has 1 aliphatic rings. The van der Waals surface area contributed by atoms with E-state index in [9.17, 15) is 14.4 Å². The Hall–Kier alpha value is -2.41. The third kappa shape index (κ3) is 4.56. The number of likely N-dealkylation sites (tertiary alicyclic amines) is 1. The number of nitrogens with one attached hydrogen (secondary N) is 2. The Morgan fingerprint density at radius 2 is 1.95 bits per heavy atom. The van der Waals surface area contributed by atoms with E-state index < -0.39 is 5.91 Å². The van der Waals surface area contributed by atoms with E-state index in [4.69, 9.17) is 5.73 Å². The summed E-state index contributed by atoms with van der Waals surface area (Å²) in [6.07, 6.45) is 0.847. The highest BCUT2D eigenvalue weighted by Crippen LogP contribution is 2.11. The lowest BCUT2D eigenvalue weighted by atomic mass is 10.2. The van der Waals surface area contributed by atoms with E-state index in [2.05, 4.69) is 10.6 Å². The molecule has 0 spiro atoms. The highest BCUT2D eigenvalue weighted by atomic mass is 16.2. The van der Waals surface area contributed by atoms with Gasteiger partial charge in [-0.25, -0.2) is 0 Å². The molecule has 7 heteroatoms. The number of hydrogen-bond acceptors (Lipinski definition) is 4.